The van der Waals surface area contributed by atoms with Crippen molar-refractivity contribution in [3.8, 4) is 0 Å². The molecule has 3 heterocycles. The zero-order chi connectivity index (χ0) is 20.5. The third kappa shape index (κ3) is 3.56. The first-order chi connectivity index (χ1) is 14.7. The number of carbonyl (C=O) groups is 1. The molecule has 6 heteroatoms. The number of fused-ring (bicyclic) bond motifs is 3. The van der Waals surface area contributed by atoms with E-state index in [0.717, 1.165) is 35.0 Å². The summed E-state index contributed by atoms with van der Waals surface area (Å²) in [7, 11) is 0. The lowest BCUT2D eigenvalue weighted by Gasteiger charge is -2.12. The van der Waals surface area contributed by atoms with Gasteiger partial charge in [-0.1, -0.05) is 31.0 Å². The number of pyridine rings is 1. The Morgan fingerprint density at radius 1 is 1.13 bits per heavy atom. The summed E-state index contributed by atoms with van der Waals surface area (Å²) >= 11 is 1.41. The summed E-state index contributed by atoms with van der Waals surface area (Å²) in [5.74, 6) is -0.109. The summed E-state index contributed by atoms with van der Waals surface area (Å²) in [5.41, 5.74) is 11.8. The summed E-state index contributed by atoms with van der Waals surface area (Å²) in [6, 6.07) is 10.4. The van der Waals surface area contributed by atoms with Gasteiger partial charge in [0.25, 0.3) is 5.91 Å². The maximum atomic E-state index is 12.8. The van der Waals surface area contributed by atoms with Crippen LogP contribution in [0.15, 0.2) is 36.5 Å². The molecule has 1 amide bonds. The Morgan fingerprint density at radius 2 is 1.97 bits per heavy atom. The smallest absolute Gasteiger partial charge is 0.263 e. The Labute approximate surface area is 179 Å². The lowest BCUT2D eigenvalue weighted by molar-refractivity contribution is 0.0959. The highest BCUT2D eigenvalue weighted by molar-refractivity contribution is 7.21. The number of amides is 1. The van der Waals surface area contributed by atoms with E-state index in [-0.39, 0.29) is 5.91 Å². The minimum absolute atomic E-state index is 0.109. The maximum absolute atomic E-state index is 12.8. The van der Waals surface area contributed by atoms with E-state index in [1.165, 1.54) is 59.2 Å². The van der Waals surface area contributed by atoms with Crippen LogP contribution in [0.4, 0.5) is 5.69 Å². The van der Waals surface area contributed by atoms with Gasteiger partial charge in [0.15, 0.2) is 0 Å². The van der Waals surface area contributed by atoms with Crippen LogP contribution in [0.5, 0.6) is 0 Å². The number of nitrogens with zero attached hydrogens (tertiary/aromatic N) is 1. The highest BCUT2D eigenvalue weighted by atomic mass is 32.1. The first kappa shape index (κ1) is 19.1. The molecule has 5 nitrogen and oxygen atoms in total. The number of para-hydroxylation sites is 1. The van der Waals surface area contributed by atoms with Crippen molar-refractivity contribution in [1.82, 2.24) is 15.3 Å². The third-order valence-electron chi connectivity index (χ3n) is 6.06. The number of anilines is 1. The lowest BCUT2D eigenvalue weighted by Crippen LogP contribution is -2.25. The van der Waals surface area contributed by atoms with Gasteiger partial charge in [-0.05, 0) is 55.4 Å². The number of hydrogen-bond donors (Lipinski definition) is 3. The summed E-state index contributed by atoms with van der Waals surface area (Å²) in [6.45, 7) is 0.568. The molecule has 1 aromatic carbocycles. The molecule has 0 radical (unpaired) electrons. The second-order valence-electron chi connectivity index (χ2n) is 8.07. The molecule has 0 bridgehead atoms. The van der Waals surface area contributed by atoms with Gasteiger partial charge in [0.2, 0.25) is 0 Å². The summed E-state index contributed by atoms with van der Waals surface area (Å²) < 4.78 is 0. The number of H-pyrrole nitrogens is 1. The lowest BCUT2D eigenvalue weighted by atomic mass is 9.96. The van der Waals surface area contributed by atoms with E-state index in [0.29, 0.717) is 17.1 Å². The third-order valence-corrected chi connectivity index (χ3v) is 7.17. The van der Waals surface area contributed by atoms with E-state index in [9.17, 15) is 4.79 Å². The molecule has 1 aliphatic rings. The molecule has 0 unspecified atom stereocenters. The Kier molecular flexibility index (Phi) is 5.17. The predicted molar refractivity (Wildman–Crippen MR) is 124 cm³/mol. The SMILES string of the molecule is Nc1c(C(=O)NCCc2c[nH]c3ccccc23)sc2nc3c(cc12)CCCCCC3. The number of carbonyl (C=O) groups excluding carboxylic acids is 1. The number of benzene rings is 1. The zero-order valence-corrected chi connectivity index (χ0v) is 17.8. The van der Waals surface area contributed by atoms with Gasteiger partial charge in [-0.25, -0.2) is 4.98 Å². The minimum atomic E-state index is -0.109. The molecule has 0 aliphatic heterocycles. The number of aromatic nitrogens is 2. The van der Waals surface area contributed by atoms with Crippen LogP contribution >= 0.6 is 11.3 Å². The number of nitrogen functional groups attached to an aromatic ring is 1. The Hall–Kier alpha value is -2.86. The van der Waals surface area contributed by atoms with E-state index in [1.54, 1.807) is 0 Å². The molecule has 0 atom stereocenters. The van der Waals surface area contributed by atoms with Crippen LogP contribution in [0.1, 0.15) is 52.2 Å². The zero-order valence-electron chi connectivity index (χ0n) is 17.0. The molecule has 30 heavy (non-hydrogen) atoms. The number of aromatic amines is 1. The first-order valence-corrected chi connectivity index (χ1v) is 11.6. The van der Waals surface area contributed by atoms with Gasteiger partial charge in [-0.15, -0.1) is 11.3 Å². The fourth-order valence-electron chi connectivity index (χ4n) is 4.41. The largest absolute Gasteiger partial charge is 0.397 e. The van der Waals surface area contributed by atoms with Gasteiger partial charge >= 0.3 is 0 Å². The van der Waals surface area contributed by atoms with E-state index >= 15 is 0 Å². The van der Waals surface area contributed by atoms with Gasteiger partial charge in [0.1, 0.15) is 9.71 Å². The Balaban J connectivity index is 1.33. The molecule has 154 valence electrons. The van der Waals surface area contributed by atoms with Crippen molar-refractivity contribution in [3.05, 3.63) is 58.2 Å². The van der Waals surface area contributed by atoms with E-state index in [4.69, 9.17) is 10.7 Å². The molecular formula is C24H26N4OS. The molecule has 0 spiro atoms. The second kappa shape index (κ2) is 8.11. The summed E-state index contributed by atoms with van der Waals surface area (Å²) in [6.07, 6.45) is 9.81. The summed E-state index contributed by atoms with van der Waals surface area (Å²) in [5, 5.41) is 5.18. The van der Waals surface area contributed by atoms with Crippen LogP contribution in [-0.2, 0) is 19.3 Å². The number of thiophene rings is 1. The number of rotatable bonds is 4. The monoisotopic (exact) mass is 418 g/mol. The number of nitrogens with one attached hydrogen (secondary N) is 2. The Bertz CT molecular complexity index is 1220. The molecule has 1 aliphatic carbocycles. The van der Waals surface area contributed by atoms with Gasteiger partial charge in [-0.2, -0.15) is 0 Å². The molecular weight excluding hydrogens is 392 g/mol. The molecule has 3 aromatic heterocycles. The number of aryl methyl sites for hydroxylation is 2. The number of hydrogen-bond acceptors (Lipinski definition) is 4. The average Bonchev–Trinajstić information content (AvgIpc) is 3.29. The van der Waals surface area contributed by atoms with Gasteiger partial charge in [0, 0.05) is 34.7 Å². The maximum Gasteiger partial charge on any atom is 0.263 e. The fraction of sp³-hybridized carbons (Fsp3) is 0.333. The second-order valence-corrected chi connectivity index (χ2v) is 9.07. The van der Waals surface area contributed by atoms with Crippen LogP contribution in [0.3, 0.4) is 0 Å². The Morgan fingerprint density at radius 3 is 2.87 bits per heavy atom. The highest BCUT2D eigenvalue weighted by Crippen LogP contribution is 2.35. The van der Waals surface area contributed by atoms with Crippen LogP contribution in [-0.4, -0.2) is 22.4 Å². The fourth-order valence-corrected chi connectivity index (χ4v) is 5.42. The highest BCUT2D eigenvalue weighted by Gasteiger charge is 2.19. The van der Waals surface area contributed by atoms with Crippen molar-refractivity contribution in [2.75, 3.05) is 12.3 Å². The first-order valence-electron chi connectivity index (χ1n) is 10.7. The van der Waals surface area contributed by atoms with E-state index < -0.39 is 0 Å². The van der Waals surface area contributed by atoms with Crippen LogP contribution < -0.4 is 11.1 Å². The molecule has 4 N–H and O–H groups in total. The van der Waals surface area contributed by atoms with Crippen LogP contribution in [0, 0.1) is 0 Å². The number of nitrogens with two attached hydrogens (primary N) is 1. The average molecular weight is 419 g/mol. The molecule has 0 fully saturated rings. The predicted octanol–water partition coefficient (Wildman–Crippen LogP) is 4.99. The quantitative estimate of drug-likeness (QED) is 0.436. The minimum Gasteiger partial charge on any atom is -0.397 e. The van der Waals surface area contributed by atoms with E-state index in [2.05, 4.69) is 28.5 Å². The van der Waals surface area contributed by atoms with Gasteiger partial charge in [-0.3, -0.25) is 4.79 Å². The summed E-state index contributed by atoms with van der Waals surface area (Å²) in [4.78, 5) is 22.5. The van der Waals surface area contributed by atoms with Crippen molar-refractivity contribution in [3.63, 3.8) is 0 Å². The molecule has 4 aromatic rings. The van der Waals surface area contributed by atoms with Crippen LogP contribution in [0.2, 0.25) is 0 Å². The van der Waals surface area contributed by atoms with Crippen molar-refractivity contribution < 1.29 is 4.79 Å². The van der Waals surface area contributed by atoms with E-state index in [1.807, 2.05) is 18.3 Å². The van der Waals surface area contributed by atoms with Crippen molar-refractivity contribution in [2.45, 2.75) is 44.9 Å². The van der Waals surface area contributed by atoms with Gasteiger partial charge in [0.05, 0.1) is 5.69 Å². The van der Waals surface area contributed by atoms with Crippen molar-refractivity contribution in [1.29, 1.82) is 0 Å². The normalized spacial score (nSPS) is 14.4. The molecule has 0 saturated heterocycles. The van der Waals surface area contributed by atoms with Crippen molar-refractivity contribution >= 4 is 44.1 Å². The molecule has 0 saturated carbocycles. The molecule has 5 rings (SSSR count). The van der Waals surface area contributed by atoms with Crippen LogP contribution in [0.25, 0.3) is 21.1 Å². The topological polar surface area (TPSA) is 83.8 Å². The van der Waals surface area contributed by atoms with Crippen molar-refractivity contribution in [2.24, 2.45) is 0 Å². The standard InChI is InChI=1S/C24H26N4OS/c25-21-18-13-15-7-3-1-2-4-9-19(15)28-24(18)30-22(21)23(29)26-12-11-16-14-27-20-10-6-5-8-17(16)20/h5-6,8,10,13-14,27H,1-4,7,9,11-12,25H2,(H,26,29). The van der Waals surface area contributed by atoms with Gasteiger partial charge < -0.3 is 16.0 Å².